The summed E-state index contributed by atoms with van der Waals surface area (Å²) in [6.45, 7) is 3.12. The summed E-state index contributed by atoms with van der Waals surface area (Å²) in [6, 6.07) is 9.70. The molecule has 0 aliphatic carbocycles. The number of anilines is 1. The third-order valence-corrected chi connectivity index (χ3v) is 7.36. The zero-order chi connectivity index (χ0) is 19.6. The second-order valence-corrected chi connectivity index (χ2v) is 9.27. The van der Waals surface area contributed by atoms with Gasteiger partial charge in [-0.25, -0.2) is 8.42 Å². The lowest BCUT2D eigenvalue weighted by atomic mass is 10.1. The summed E-state index contributed by atoms with van der Waals surface area (Å²) in [4.78, 5) is 12.7. The van der Waals surface area contributed by atoms with Crippen LogP contribution in [-0.2, 0) is 14.8 Å². The normalized spacial score (nSPS) is 15.5. The Labute approximate surface area is 171 Å². The first-order chi connectivity index (χ1) is 12.8. The van der Waals surface area contributed by atoms with Gasteiger partial charge in [0, 0.05) is 33.8 Å². The van der Waals surface area contributed by atoms with E-state index in [4.69, 9.17) is 16.3 Å². The maximum absolute atomic E-state index is 12.9. The van der Waals surface area contributed by atoms with Crippen molar-refractivity contribution in [1.29, 1.82) is 0 Å². The Bertz CT molecular complexity index is 975. The van der Waals surface area contributed by atoms with Gasteiger partial charge in [-0.05, 0) is 58.7 Å². The van der Waals surface area contributed by atoms with Gasteiger partial charge in [-0.1, -0.05) is 17.7 Å². The van der Waals surface area contributed by atoms with Crippen LogP contribution < -0.4 is 5.32 Å². The van der Waals surface area contributed by atoms with Crippen molar-refractivity contribution >= 4 is 49.1 Å². The van der Waals surface area contributed by atoms with Crippen LogP contribution >= 0.6 is 27.5 Å². The number of benzene rings is 2. The summed E-state index contributed by atoms with van der Waals surface area (Å²) in [5.74, 6) is -0.411. The molecule has 1 saturated heterocycles. The zero-order valence-electron chi connectivity index (χ0n) is 14.5. The summed E-state index contributed by atoms with van der Waals surface area (Å²) >= 11 is 9.27. The highest BCUT2D eigenvalue weighted by Crippen LogP contribution is 2.28. The van der Waals surface area contributed by atoms with E-state index in [0.717, 1.165) is 5.56 Å². The molecule has 0 unspecified atom stereocenters. The largest absolute Gasteiger partial charge is 0.379 e. The molecule has 2 aromatic carbocycles. The molecule has 144 valence electrons. The monoisotopic (exact) mass is 472 g/mol. The van der Waals surface area contributed by atoms with Crippen LogP contribution in [0.1, 0.15) is 15.9 Å². The predicted molar refractivity (Wildman–Crippen MR) is 108 cm³/mol. The number of sulfonamides is 1. The molecular weight excluding hydrogens is 456 g/mol. The minimum Gasteiger partial charge on any atom is -0.379 e. The molecule has 0 bridgehead atoms. The molecule has 0 aromatic heterocycles. The molecule has 0 radical (unpaired) electrons. The Kier molecular flexibility index (Phi) is 6.22. The molecule has 2 aromatic rings. The maximum Gasteiger partial charge on any atom is 0.255 e. The SMILES string of the molecule is Cc1ccc(Cl)cc1NC(=O)c1ccc(Br)c(S(=O)(=O)N2CCOCC2)c1. The summed E-state index contributed by atoms with van der Waals surface area (Å²) in [5, 5.41) is 3.28. The maximum atomic E-state index is 12.9. The molecule has 0 saturated carbocycles. The van der Waals surface area contributed by atoms with Gasteiger partial charge in [-0.3, -0.25) is 4.79 Å². The first-order valence-corrected chi connectivity index (χ1v) is 10.8. The predicted octanol–water partition coefficient (Wildman–Crippen LogP) is 3.68. The van der Waals surface area contributed by atoms with Crippen LogP contribution in [0.5, 0.6) is 0 Å². The Morgan fingerprint density at radius 3 is 2.59 bits per heavy atom. The highest BCUT2D eigenvalue weighted by Gasteiger charge is 2.29. The van der Waals surface area contributed by atoms with Crippen molar-refractivity contribution in [1.82, 2.24) is 4.31 Å². The lowest BCUT2D eigenvalue weighted by Crippen LogP contribution is -2.40. The summed E-state index contributed by atoms with van der Waals surface area (Å²) in [5.41, 5.74) is 1.67. The number of nitrogens with zero attached hydrogens (tertiary/aromatic N) is 1. The van der Waals surface area contributed by atoms with Gasteiger partial charge in [0.05, 0.1) is 18.1 Å². The molecule has 1 heterocycles. The average Bonchev–Trinajstić information content (AvgIpc) is 2.65. The molecule has 27 heavy (non-hydrogen) atoms. The molecule has 1 amide bonds. The van der Waals surface area contributed by atoms with E-state index in [9.17, 15) is 13.2 Å². The number of hydrogen-bond acceptors (Lipinski definition) is 4. The second kappa shape index (κ2) is 8.28. The van der Waals surface area contributed by atoms with Crippen LogP contribution in [0.4, 0.5) is 5.69 Å². The molecule has 0 atom stereocenters. The first-order valence-electron chi connectivity index (χ1n) is 8.24. The third kappa shape index (κ3) is 4.52. The van der Waals surface area contributed by atoms with E-state index in [2.05, 4.69) is 21.2 Å². The van der Waals surface area contributed by atoms with E-state index in [-0.39, 0.29) is 23.5 Å². The molecule has 3 rings (SSSR count). The van der Waals surface area contributed by atoms with Crippen molar-refractivity contribution in [3.8, 4) is 0 Å². The van der Waals surface area contributed by atoms with Gasteiger partial charge >= 0.3 is 0 Å². The number of halogens is 2. The van der Waals surface area contributed by atoms with Crippen LogP contribution in [0, 0.1) is 6.92 Å². The van der Waals surface area contributed by atoms with Gasteiger partial charge in [0.1, 0.15) is 0 Å². The van der Waals surface area contributed by atoms with Crippen molar-refractivity contribution in [3.63, 3.8) is 0 Å². The molecule has 1 aliphatic rings. The number of hydrogen-bond donors (Lipinski definition) is 1. The van der Waals surface area contributed by atoms with E-state index in [1.54, 1.807) is 30.3 Å². The van der Waals surface area contributed by atoms with Gasteiger partial charge < -0.3 is 10.1 Å². The molecule has 1 fully saturated rings. The Hall–Kier alpha value is -1.45. The second-order valence-electron chi connectivity index (χ2n) is 6.08. The van der Waals surface area contributed by atoms with E-state index in [1.165, 1.54) is 10.4 Å². The lowest BCUT2D eigenvalue weighted by molar-refractivity contribution is 0.0730. The van der Waals surface area contributed by atoms with Crippen molar-refractivity contribution in [2.45, 2.75) is 11.8 Å². The number of carbonyl (C=O) groups is 1. The zero-order valence-corrected chi connectivity index (χ0v) is 17.7. The smallest absolute Gasteiger partial charge is 0.255 e. The van der Waals surface area contributed by atoms with Gasteiger partial charge in [0.15, 0.2) is 0 Å². The van der Waals surface area contributed by atoms with Crippen molar-refractivity contribution in [2.24, 2.45) is 0 Å². The number of amides is 1. The van der Waals surface area contributed by atoms with Gasteiger partial charge in [-0.2, -0.15) is 4.31 Å². The van der Waals surface area contributed by atoms with Crippen molar-refractivity contribution in [2.75, 3.05) is 31.6 Å². The van der Waals surface area contributed by atoms with Crippen molar-refractivity contribution in [3.05, 3.63) is 57.0 Å². The van der Waals surface area contributed by atoms with Crippen molar-refractivity contribution < 1.29 is 17.9 Å². The highest BCUT2D eigenvalue weighted by atomic mass is 79.9. The fourth-order valence-corrected chi connectivity index (χ4v) is 5.22. The number of rotatable bonds is 4. The van der Waals surface area contributed by atoms with E-state index < -0.39 is 15.9 Å². The van der Waals surface area contributed by atoms with Crippen LogP contribution in [0.2, 0.25) is 5.02 Å². The van der Waals surface area contributed by atoms with Crippen LogP contribution in [0.25, 0.3) is 0 Å². The fourth-order valence-electron chi connectivity index (χ4n) is 2.69. The lowest BCUT2D eigenvalue weighted by Gasteiger charge is -2.26. The van der Waals surface area contributed by atoms with E-state index in [0.29, 0.717) is 28.4 Å². The molecule has 1 aliphatic heterocycles. The number of carbonyl (C=O) groups excluding carboxylic acids is 1. The molecule has 1 N–H and O–H groups in total. The minimum atomic E-state index is -3.73. The van der Waals surface area contributed by atoms with Crippen LogP contribution in [0.3, 0.4) is 0 Å². The fraction of sp³-hybridized carbons (Fsp3) is 0.278. The summed E-state index contributed by atoms with van der Waals surface area (Å²) in [7, 11) is -3.73. The molecular formula is C18H18BrClN2O4S. The third-order valence-electron chi connectivity index (χ3n) is 4.23. The first kappa shape index (κ1) is 20.3. The Balaban J connectivity index is 1.90. The standard InChI is InChI=1S/C18H18BrClN2O4S/c1-12-2-4-14(20)11-16(12)21-18(23)13-3-5-15(19)17(10-13)27(24,25)22-6-8-26-9-7-22/h2-5,10-11H,6-9H2,1H3,(H,21,23). The van der Waals surface area contributed by atoms with Crippen LogP contribution in [-0.4, -0.2) is 44.9 Å². The van der Waals surface area contributed by atoms with Crippen LogP contribution in [0.15, 0.2) is 45.8 Å². The number of nitrogens with one attached hydrogen (secondary N) is 1. The summed E-state index contributed by atoms with van der Waals surface area (Å²) < 4.78 is 32.8. The minimum absolute atomic E-state index is 0.0554. The Morgan fingerprint density at radius 2 is 1.89 bits per heavy atom. The molecule has 6 nitrogen and oxygen atoms in total. The van der Waals surface area contributed by atoms with Gasteiger partial charge in [0.2, 0.25) is 10.0 Å². The van der Waals surface area contributed by atoms with Gasteiger partial charge in [-0.15, -0.1) is 0 Å². The Morgan fingerprint density at radius 1 is 1.19 bits per heavy atom. The number of morpholine rings is 1. The topological polar surface area (TPSA) is 75.7 Å². The molecule has 9 heteroatoms. The quantitative estimate of drug-likeness (QED) is 0.735. The van der Waals surface area contributed by atoms with E-state index >= 15 is 0 Å². The summed E-state index contributed by atoms with van der Waals surface area (Å²) in [6.07, 6.45) is 0. The van der Waals surface area contributed by atoms with Gasteiger partial charge in [0.25, 0.3) is 5.91 Å². The number of ether oxygens (including phenoxy) is 1. The highest BCUT2D eigenvalue weighted by molar-refractivity contribution is 9.10. The molecule has 0 spiro atoms. The number of aryl methyl sites for hydroxylation is 1. The average molecular weight is 474 g/mol. The van der Waals surface area contributed by atoms with E-state index in [1.807, 2.05) is 6.92 Å².